The predicted octanol–water partition coefficient (Wildman–Crippen LogP) is 3.90. The third-order valence-corrected chi connectivity index (χ3v) is 6.69. The van der Waals surface area contributed by atoms with Crippen LogP contribution in [0.1, 0.15) is 36.8 Å². The van der Waals surface area contributed by atoms with E-state index in [2.05, 4.69) is 40.1 Å². The van der Waals surface area contributed by atoms with Crippen molar-refractivity contribution in [3.8, 4) is 11.5 Å². The zero-order valence-corrected chi connectivity index (χ0v) is 18.1. The van der Waals surface area contributed by atoms with Crippen LogP contribution in [0, 0.1) is 0 Å². The molecule has 2 aliphatic rings. The van der Waals surface area contributed by atoms with Gasteiger partial charge in [-0.2, -0.15) is 0 Å². The molecule has 5 nitrogen and oxygen atoms in total. The molecule has 0 N–H and O–H groups in total. The van der Waals surface area contributed by atoms with E-state index in [1.807, 2.05) is 18.2 Å². The summed E-state index contributed by atoms with van der Waals surface area (Å²) in [5, 5.41) is 0. The van der Waals surface area contributed by atoms with E-state index in [-0.39, 0.29) is 5.54 Å². The molecule has 2 heterocycles. The van der Waals surface area contributed by atoms with E-state index >= 15 is 0 Å². The average molecular weight is 409 g/mol. The van der Waals surface area contributed by atoms with Crippen molar-refractivity contribution in [1.82, 2.24) is 9.80 Å². The molecule has 0 bridgehead atoms. The van der Waals surface area contributed by atoms with Crippen LogP contribution in [0.3, 0.4) is 0 Å². The Kier molecular flexibility index (Phi) is 6.28. The lowest BCUT2D eigenvalue weighted by Gasteiger charge is -2.45. The molecule has 0 aliphatic carbocycles. The molecule has 0 radical (unpaired) electrons. The Hall–Kier alpha value is -2.53. The molecule has 5 heteroatoms. The van der Waals surface area contributed by atoms with E-state index in [1.165, 1.54) is 5.56 Å². The molecule has 2 fully saturated rings. The topological polar surface area (TPSA) is 42.0 Å². The Morgan fingerprint density at radius 2 is 1.70 bits per heavy atom. The largest absolute Gasteiger partial charge is 0.493 e. The molecule has 2 saturated heterocycles. The summed E-state index contributed by atoms with van der Waals surface area (Å²) in [4.78, 5) is 18.2. The second kappa shape index (κ2) is 9.09. The molecule has 1 amide bonds. The fraction of sp³-hybridized carbons (Fsp3) is 0.480. The highest BCUT2D eigenvalue weighted by Crippen LogP contribution is 2.41. The van der Waals surface area contributed by atoms with Gasteiger partial charge in [-0.05, 0) is 50.3 Å². The van der Waals surface area contributed by atoms with Gasteiger partial charge in [0.1, 0.15) is 5.54 Å². The number of nitrogens with zero attached hydrogens (tertiary/aromatic N) is 2. The molecule has 4 rings (SSSR count). The van der Waals surface area contributed by atoms with Crippen molar-refractivity contribution in [2.75, 3.05) is 33.9 Å². The monoisotopic (exact) mass is 408 g/mol. The standard InChI is InChI=1S/C25H32N2O3/c1-29-22-12-6-11-21(23(22)30-2)19-27-17-8-15-25(27)14-7-16-26(24(25)28)18-13-20-9-4-3-5-10-20/h3-6,9-12H,7-8,13-19H2,1-2H3. The maximum atomic E-state index is 13.7. The number of hydrogen-bond donors (Lipinski definition) is 0. The van der Waals surface area contributed by atoms with E-state index in [9.17, 15) is 4.79 Å². The summed E-state index contributed by atoms with van der Waals surface area (Å²) in [5.74, 6) is 1.82. The quantitative estimate of drug-likeness (QED) is 0.697. The molecule has 1 atom stereocenters. The number of para-hydroxylation sites is 1. The van der Waals surface area contributed by atoms with Crippen molar-refractivity contribution < 1.29 is 14.3 Å². The smallest absolute Gasteiger partial charge is 0.243 e. The predicted molar refractivity (Wildman–Crippen MR) is 118 cm³/mol. The Morgan fingerprint density at radius 1 is 0.933 bits per heavy atom. The lowest BCUT2D eigenvalue weighted by atomic mass is 9.85. The number of methoxy groups -OCH3 is 2. The Labute approximate surface area is 179 Å². The Balaban J connectivity index is 1.51. The van der Waals surface area contributed by atoms with Crippen LogP contribution >= 0.6 is 0 Å². The van der Waals surface area contributed by atoms with Gasteiger partial charge in [0.2, 0.25) is 5.91 Å². The molecule has 2 aliphatic heterocycles. The molecule has 30 heavy (non-hydrogen) atoms. The molecule has 160 valence electrons. The molecule has 1 spiro atoms. The minimum atomic E-state index is -0.372. The molecule has 2 aromatic rings. The van der Waals surface area contributed by atoms with Crippen LogP contribution in [0.4, 0.5) is 0 Å². The summed E-state index contributed by atoms with van der Waals surface area (Å²) in [5.41, 5.74) is 1.99. The second-order valence-electron chi connectivity index (χ2n) is 8.34. The molecular weight excluding hydrogens is 376 g/mol. The number of likely N-dealkylation sites (tertiary alicyclic amines) is 2. The molecule has 0 aromatic heterocycles. The van der Waals surface area contributed by atoms with Crippen LogP contribution in [-0.4, -0.2) is 55.1 Å². The zero-order chi connectivity index (χ0) is 21.0. The number of rotatable bonds is 7. The van der Waals surface area contributed by atoms with Crippen molar-refractivity contribution in [1.29, 1.82) is 0 Å². The third kappa shape index (κ3) is 3.91. The maximum absolute atomic E-state index is 13.7. The van der Waals surface area contributed by atoms with E-state index in [4.69, 9.17) is 9.47 Å². The van der Waals surface area contributed by atoms with Gasteiger partial charge in [0.05, 0.1) is 14.2 Å². The summed E-state index contributed by atoms with van der Waals surface area (Å²) in [7, 11) is 3.34. The van der Waals surface area contributed by atoms with Crippen molar-refractivity contribution in [2.24, 2.45) is 0 Å². The average Bonchev–Trinajstić information content (AvgIpc) is 3.18. The van der Waals surface area contributed by atoms with E-state index in [0.717, 1.165) is 68.8 Å². The summed E-state index contributed by atoms with van der Waals surface area (Å²) >= 11 is 0. The highest BCUT2D eigenvalue weighted by molar-refractivity contribution is 5.87. The Morgan fingerprint density at radius 3 is 2.43 bits per heavy atom. The van der Waals surface area contributed by atoms with Crippen LogP contribution in [-0.2, 0) is 17.8 Å². The van der Waals surface area contributed by atoms with Crippen LogP contribution in [0.2, 0.25) is 0 Å². The first kappa shape index (κ1) is 20.7. The van der Waals surface area contributed by atoms with Crippen LogP contribution in [0.15, 0.2) is 48.5 Å². The summed E-state index contributed by atoms with van der Waals surface area (Å²) in [6.07, 6.45) is 4.92. The lowest BCUT2D eigenvalue weighted by Crippen LogP contribution is -2.59. The van der Waals surface area contributed by atoms with Crippen molar-refractivity contribution in [2.45, 2.75) is 44.2 Å². The first-order valence-corrected chi connectivity index (χ1v) is 11.0. The van der Waals surface area contributed by atoms with Gasteiger partial charge in [-0.25, -0.2) is 0 Å². The third-order valence-electron chi connectivity index (χ3n) is 6.69. The van der Waals surface area contributed by atoms with Crippen LogP contribution in [0.5, 0.6) is 11.5 Å². The highest BCUT2D eigenvalue weighted by Gasteiger charge is 2.50. The first-order chi connectivity index (χ1) is 14.7. The van der Waals surface area contributed by atoms with Crippen molar-refractivity contribution in [3.05, 3.63) is 59.7 Å². The number of amides is 1. The van der Waals surface area contributed by atoms with Crippen molar-refractivity contribution in [3.63, 3.8) is 0 Å². The molecule has 0 saturated carbocycles. The zero-order valence-electron chi connectivity index (χ0n) is 18.1. The van der Waals surface area contributed by atoms with Crippen LogP contribution < -0.4 is 9.47 Å². The van der Waals surface area contributed by atoms with Gasteiger partial charge in [-0.15, -0.1) is 0 Å². The van der Waals surface area contributed by atoms with E-state index in [0.29, 0.717) is 12.5 Å². The first-order valence-electron chi connectivity index (χ1n) is 11.0. The van der Waals surface area contributed by atoms with Gasteiger partial charge in [0, 0.05) is 25.2 Å². The molecule has 2 aromatic carbocycles. The van der Waals surface area contributed by atoms with Gasteiger partial charge < -0.3 is 14.4 Å². The second-order valence-corrected chi connectivity index (χ2v) is 8.34. The highest BCUT2D eigenvalue weighted by atomic mass is 16.5. The number of carbonyl (C=O) groups is 1. The van der Waals surface area contributed by atoms with E-state index < -0.39 is 0 Å². The number of carbonyl (C=O) groups excluding carboxylic acids is 1. The van der Waals surface area contributed by atoms with Gasteiger partial charge in [0.15, 0.2) is 11.5 Å². The van der Waals surface area contributed by atoms with Crippen molar-refractivity contribution >= 4 is 5.91 Å². The maximum Gasteiger partial charge on any atom is 0.243 e. The number of benzene rings is 2. The fourth-order valence-electron chi connectivity index (χ4n) is 5.16. The number of hydrogen-bond acceptors (Lipinski definition) is 4. The van der Waals surface area contributed by atoms with E-state index in [1.54, 1.807) is 14.2 Å². The lowest BCUT2D eigenvalue weighted by molar-refractivity contribution is -0.147. The number of ether oxygens (including phenoxy) is 2. The summed E-state index contributed by atoms with van der Waals surface area (Å²) < 4.78 is 11.1. The SMILES string of the molecule is COc1cccc(CN2CCCC23CCCN(CCc2ccccc2)C3=O)c1OC. The summed E-state index contributed by atoms with van der Waals surface area (Å²) in [6.45, 7) is 3.31. The fourth-order valence-corrected chi connectivity index (χ4v) is 5.16. The molecule has 1 unspecified atom stereocenters. The van der Waals surface area contributed by atoms with Crippen LogP contribution in [0.25, 0.3) is 0 Å². The number of piperidine rings is 1. The van der Waals surface area contributed by atoms with Gasteiger partial charge in [-0.3, -0.25) is 9.69 Å². The van der Waals surface area contributed by atoms with Gasteiger partial charge in [-0.1, -0.05) is 42.5 Å². The minimum absolute atomic E-state index is 0.309. The molecular formula is C25H32N2O3. The Bertz CT molecular complexity index is 870. The van der Waals surface area contributed by atoms with Gasteiger partial charge in [0.25, 0.3) is 0 Å². The van der Waals surface area contributed by atoms with Gasteiger partial charge >= 0.3 is 0 Å². The summed E-state index contributed by atoms with van der Waals surface area (Å²) in [6, 6.07) is 16.4. The normalized spacial score (nSPS) is 21.9. The minimum Gasteiger partial charge on any atom is -0.493 e.